The van der Waals surface area contributed by atoms with Gasteiger partial charge in [0.15, 0.2) is 0 Å². The van der Waals surface area contributed by atoms with E-state index in [2.05, 4.69) is 10.1 Å². The van der Waals surface area contributed by atoms with Crippen LogP contribution in [0.1, 0.15) is 32.1 Å². The lowest BCUT2D eigenvalue weighted by Gasteiger charge is -2.36. The summed E-state index contributed by atoms with van der Waals surface area (Å²) in [6.07, 6.45) is 5.82. The number of methoxy groups -OCH3 is 1. The van der Waals surface area contributed by atoms with Crippen LogP contribution in [0.25, 0.3) is 0 Å². The molecule has 0 unspecified atom stereocenters. The summed E-state index contributed by atoms with van der Waals surface area (Å²) in [5, 5.41) is 3.24. The fraction of sp³-hybridized carbons (Fsp3) is 0.900. The lowest BCUT2D eigenvalue weighted by atomic mass is 9.82. The van der Waals surface area contributed by atoms with E-state index in [-0.39, 0.29) is 18.1 Å². The van der Waals surface area contributed by atoms with E-state index in [9.17, 15) is 4.79 Å². The Morgan fingerprint density at radius 1 is 1.43 bits per heavy atom. The van der Waals surface area contributed by atoms with Crippen LogP contribution in [-0.4, -0.2) is 31.7 Å². The predicted molar refractivity (Wildman–Crippen MR) is 54.9 cm³/mol. The molecule has 0 radical (unpaired) electrons. The van der Waals surface area contributed by atoms with Gasteiger partial charge in [-0.25, -0.2) is 0 Å². The van der Waals surface area contributed by atoms with Gasteiger partial charge in [-0.3, -0.25) is 4.79 Å². The predicted octanol–water partition coefficient (Wildman–Crippen LogP) is 0.411. The molecule has 1 saturated carbocycles. The van der Waals surface area contributed by atoms with Crippen LogP contribution in [-0.2, 0) is 9.53 Å². The van der Waals surface area contributed by atoms with E-state index in [4.69, 9.17) is 5.73 Å². The van der Waals surface area contributed by atoms with Crippen molar-refractivity contribution in [1.29, 1.82) is 0 Å². The molecule has 3 N–H and O–H groups in total. The van der Waals surface area contributed by atoms with Crippen molar-refractivity contribution in [2.45, 2.75) is 37.6 Å². The molecule has 0 aromatic heterocycles. The second kappa shape index (κ2) is 5.32. The Bertz CT molecular complexity index is 189. The van der Waals surface area contributed by atoms with E-state index < -0.39 is 0 Å². The highest BCUT2D eigenvalue weighted by Gasteiger charge is 2.30. The van der Waals surface area contributed by atoms with Gasteiger partial charge in [0, 0.05) is 12.1 Å². The average Bonchev–Trinajstić information content (AvgIpc) is 2.27. The third-order valence-corrected chi connectivity index (χ3v) is 3.04. The van der Waals surface area contributed by atoms with Crippen molar-refractivity contribution in [2.24, 2.45) is 5.73 Å². The smallest absolute Gasteiger partial charge is 0.319 e. The van der Waals surface area contributed by atoms with Gasteiger partial charge in [0.2, 0.25) is 0 Å². The Morgan fingerprint density at radius 3 is 2.57 bits per heavy atom. The monoisotopic (exact) mass is 200 g/mol. The van der Waals surface area contributed by atoms with E-state index in [1.54, 1.807) is 0 Å². The number of hydrogen-bond donors (Lipinski definition) is 2. The van der Waals surface area contributed by atoms with Gasteiger partial charge in [-0.2, -0.15) is 0 Å². The van der Waals surface area contributed by atoms with Crippen LogP contribution >= 0.6 is 0 Å². The van der Waals surface area contributed by atoms with E-state index in [0.717, 1.165) is 12.8 Å². The standard InChI is InChI=1S/C10H20N2O2/c1-14-9(13)7-12-10(8-11)5-3-2-4-6-10/h12H,2-8,11H2,1H3. The number of ether oxygens (including phenoxy) is 1. The van der Waals surface area contributed by atoms with Crippen LogP contribution in [0.15, 0.2) is 0 Å². The quantitative estimate of drug-likeness (QED) is 0.645. The summed E-state index contributed by atoms with van der Waals surface area (Å²) < 4.78 is 4.59. The summed E-state index contributed by atoms with van der Waals surface area (Å²) in [6.45, 7) is 0.873. The molecule has 0 saturated heterocycles. The molecule has 4 heteroatoms. The Hall–Kier alpha value is -0.610. The number of nitrogens with one attached hydrogen (secondary N) is 1. The zero-order valence-electron chi connectivity index (χ0n) is 8.84. The minimum Gasteiger partial charge on any atom is -0.468 e. The largest absolute Gasteiger partial charge is 0.468 e. The van der Waals surface area contributed by atoms with Gasteiger partial charge in [0.25, 0.3) is 0 Å². The maximum atomic E-state index is 11.0. The number of hydrogen-bond acceptors (Lipinski definition) is 4. The third kappa shape index (κ3) is 2.96. The zero-order chi connectivity index (χ0) is 10.4. The molecular weight excluding hydrogens is 180 g/mol. The fourth-order valence-electron chi connectivity index (χ4n) is 2.01. The summed E-state index contributed by atoms with van der Waals surface area (Å²) in [4.78, 5) is 11.0. The normalized spacial score (nSPS) is 20.4. The minimum absolute atomic E-state index is 0.0214. The van der Waals surface area contributed by atoms with Gasteiger partial charge in [0.05, 0.1) is 13.7 Å². The molecule has 4 nitrogen and oxygen atoms in total. The van der Waals surface area contributed by atoms with Crippen molar-refractivity contribution in [3.05, 3.63) is 0 Å². The van der Waals surface area contributed by atoms with Crippen LogP contribution in [0.3, 0.4) is 0 Å². The molecule has 14 heavy (non-hydrogen) atoms. The van der Waals surface area contributed by atoms with Crippen LogP contribution in [0.2, 0.25) is 0 Å². The molecule has 1 rings (SSSR count). The Balaban J connectivity index is 2.39. The third-order valence-electron chi connectivity index (χ3n) is 3.04. The molecule has 1 fully saturated rings. The first-order chi connectivity index (χ1) is 6.72. The second-order valence-electron chi connectivity index (χ2n) is 3.97. The van der Waals surface area contributed by atoms with Crippen molar-refractivity contribution >= 4 is 5.97 Å². The average molecular weight is 200 g/mol. The van der Waals surface area contributed by atoms with Gasteiger partial charge in [-0.1, -0.05) is 19.3 Å². The first-order valence-electron chi connectivity index (χ1n) is 5.24. The first kappa shape index (κ1) is 11.5. The maximum absolute atomic E-state index is 11.0. The van der Waals surface area contributed by atoms with Crippen LogP contribution < -0.4 is 11.1 Å². The number of carbonyl (C=O) groups excluding carboxylic acids is 1. The minimum atomic E-state index is -0.219. The summed E-state index contributed by atoms with van der Waals surface area (Å²) in [5.74, 6) is -0.219. The van der Waals surface area contributed by atoms with Crippen molar-refractivity contribution in [3.63, 3.8) is 0 Å². The Morgan fingerprint density at radius 2 is 2.07 bits per heavy atom. The SMILES string of the molecule is COC(=O)CNC1(CN)CCCCC1. The summed E-state index contributed by atoms with van der Waals surface area (Å²) in [5.41, 5.74) is 5.73. The van der Waals surface area contributed by atoms with Gasteiger partial charge in [0.1, 0.15) is 0 Å². The number of nitrogens with two attached hydrogens (primary N) is 1. The fourth-order valence-corrected chi connectivity index (χ4v) is 2.01. The molecule has 0 bridgehead atoms. The molecule has 0 amide bonds. The number of rotatable bonds is 4. The van der Waals surface area contributed by atoms with Crippen LogP contribution in [0, 0.1) is 0 Å². The second-order valence-corrected chi connectivity index (χ2v) is 3.97. The topological polar surface area (TPSA) is 64.3 Å². The molecule has 0 atom stereocenters. The molecule has 0 aromatic rings. The van der Waals surface area contributed by atoms with Crippen molar-refractivity contribution in [2.75, 3.05) is 20.2 Å². The molecule has 0 aromatic carbocycles. The summed E-state index contributed by atoms with van der Waals surface area (Å²) in [6, 6.07) is 0. The molecule has 0 aliphatic heterocycles. The maximum Gasteiger partial charge on any atom is 0.319 e. The molecular formula is C10H20N2O2. The Kier molecular flexibility index (Phi) is 4.35. The van der Waals surface area contributed by atoms with Crippen molar-refractivity contribution < 1.29 is 9.53 Å². The van der Waals surface area contributed by atoms with Gasteiger partial charge >= 0.3 is 5.97 Å². The molecule has 0 heterocycles. The molecule has 1 aliphatic carbocycles. The number of esters is 1. The van der Waals surface area contributed by atoms with E-state index in [1.807, 2.05) is 0 Å². The lowest BCUT2D eigenvalue weighted by molar-refractivity contribution is -0.140. The van der Waals surface area contributed by atoms with E-state index >= 15 is 0 Å². The molecule has 0 spiro atoms. The molecule has 82 valence electrons. The highest BCUT2D eigenvalue weighted by atomic mass is 16.5. The highest BCUT2D eigenvalue weighted by molar-refractivity contribution is 5.71. The highest BCUT2D eigenvalue weighted by Crippen LogP contribution is 2.26. The van der Waals surface area contributed by atoms with Gasteiger partial charge in [-0.15, -0.1) is 0 Å². The van der Waals surface area contributed by atoms with Gasteiger partial charge < -0.3 is 15.8 Å². The van der Waals surface area contributed by atoms with Gasteiger partial charge in [-0.05, 0) is 12.8 Å². The van der Waals surface area contributed by atoms with Crippen LogP contribution in [0.5, 0.6) is 0 Å². The lowest BCUT2D eigenvalue weighted by Crippen LogP contribution is -2.54. The van der Waals surface area contributed by atoms with E-state index in [0.29, 0.717) is 6.54 Å². The first-order valence-corrected chi connectivity index (χ1v) is 5.24. The summed E-state index contributed by atoms with van der Waals surface area (Å²) >= 11 is 0. The zero-order valence-corrected chi connectivity index (χ0v) is 8.84. The molecule has 1 aliphatic rings. The Labute approximate surface area is 85.2 Å². The van der Waals surface area contributed by atoms with Crippen molar-refractivity contribution in [1.82, 2.24) is 5.32 Å². The van der Waals surface area contributed by atoms with E-state index in [1.165, 1.54) is 26.4 Å². The summed E-state index contributed by atoms with van der Waals surface area (Å²) in [7, 11) is 1.40. The van der Waals surface area contributed by atoms with Crippen LogP contribution in [0.4, 0.5) is 0 Å². The number of carbonyl (C=O) groups is 1. The van der Waals surface area contributed by atoms with Crippen molar-refractivity contribution in [3.8, 4) is 0 Å².